The SMILES string of the molecule is CCOc1cc(CNC(C)CN2CCCCC2)ccc1O. The lowest BCUT2D eigenvalue weighted by Crippen LogP contribution is -2.41. The van der Waals surface area contributed by atoms with Crippen LogP contribution in [0.4, 0.5) is 0 Å². The number of phenolic OH excluding ortho intramolecular Hbond substituents is 1. The third-order valence-electron chi connectivity index (χ3n) is 3.96. The van der Waals surface area contributed by atoms with Crippen LogP contribution in [0.2, 0.25) is 0 Å². The molecule has 21 heavy (non-hydrogen) atoms. The van der Waals surface area contributed by atoms with E-state index in [1.165, 1.54) is 32.4 Å². The van der Waals surface area contributed by atoms with E-state index in [0.717, 1.165) is 18.7 Å². The summed E-state index contributed by atoms with van der Waals surface area (Å²) in [4.78, 5) is 2.55. The minimum atomic E-state index is 0.210. The predicted molar refractivity (Wildman–Crippen MR) is 85.9 cm³/mol. The Morgan fingerprint density at radius 3 is 2.76 bits per heavy atom. The quantitative estimate of drug-likeness (QED) is 0.811. The van der Waals surface area contributed by atoms with Gasteiger partial charge in [-0.05, 0) is 57.5 Å². The maximum atomic E-state index is 9.71. The Balaban J connectivity index is 1.80. The van der Waals surface area contributed by atoms with Crippen molar-refractivity contribution >= 4 is 0 Å². The third kappa shape index (κ3) is 5.21. The Morgan fingerprint density at radius 2 is 2.05 bits per heavy atom. The molecular formula is C17H28N2O2. The van der Waals surface area contributed by atoms with E-state index in [1.54, 1.807) is 6.07 Å². The van der Waals surface area contributed by atoms with E-state index in [2.05, 4.69) is 17.1 Å². The molecule has 0 spiro atoms. The van der Waals surface area contributed by atoms with Crippen LogP contribution in [0.25, 0.3) is 0 Å². The molecular weight excluding hydrogens is 264 g/mol. The van der Waals surface area contributed by atoms with Gasteiger partial charge in [-0.3, -0.25) is 0 Å². The molecule has 1 heterocycles. The van der Waals surface area contributed by atoms with Gasteiger partial charge in [-0.2, -0.15) is 0 Å². The summed E-state index contributed by atoms with van der Waals surface area (Å²) in [7, 11) is 0. The summed E-state index contributed by atoms with van der Waals surface area (Å²) in [5.41, 5.74) is 1.14. The van der Waals surface area contributed by atoms with Crippen LogP contribution in [0, 0.1) is 0 Å². The Hall–Kier alpha value is -1.26. The van der Waals surface area contributed by atoms with Crippen molar-refractivity contribution in [1.82, 2.24) is 10.2 Å². The first-order valence-corrected chi connectivity index (χ1v) is 8.09. The van der Waals surface area contributed by atoms with Crippen molar-refractivity contribution in [3.63, 3.8) is 0 Å². The molecule has 1 aromatic carbocycles. The molecule has 0 saturated carbocycles. The summed E-state index contributed by atoms with van der Waals surface area (Å²) in [5.74, 6) is 0.780. The zero-order valence-corrected chi connectivity index (χ0v) is 13.3. The van der Waals surface area contributed by atoms with Crippen molar-refractivity contribution < 1.29 is 9.84 Å². The molecule has 4 nitrogen and oxygen atoms in total. The minimum Gasteiger partial charge on any atom is -0.504 e. The highest BCUT2D eigenvalue weighted by atomic mass is 16.5. The lowest BCUT2D eigenvalue weighted by molar-refractivity contribution is 0.209. The highest BCUT2D eigenvalue weighted by Gasteiger charge is 2.13. The Labute approximate surface area is 128 Å². The molecule has 0 bridgehead atoms. The number of rotatable bonds is 7. The second-order valence-corrected chi connectivity index (χ2v) is 5.88. The fourth-order valence-corrected chi connectivity index (χ4v) is 2.83. The second-order valence-electron chi connectivity index (χ2n) is 5.88. The molecule has 0 amide bonds. The monoisotopic (exact) mass is 292 g/mol. The lowest BCUT2D eigenvalue weighted by atomic mass is 10.1. The molecule has 0 radical (unpaired) electrons. The molecule has 2 rings (SSSR count). The van der Waals surface area contributed by atoms with E-state index in [0.29, 0.717) is 18.4 Å². The standard InChI is InChI=1S/C17H28N2O2/c1-3-21-17-11-15(7-8-16(17)20)12-18-14(2)13-19-9-5-4-6-10-19/h7-8,11,14,18,20H,3-6,9-10,12-13H2,1-2H3. The van der Waals surface area contributed by atoms with Crippen molar-refractivity contribution in [3.8, 4) is 11.5 Å². The molecule has 2 N–H and O–H groups in total. The fraction of sp³-hybridized carbons (Fsp3) is 0.647. The summed E-state index contributed by atoms with van der Waals surface area (Å²) in [6.45, 7) is 9.10. The van der Waals surface area contributed by atoms with Gasteiger partial charge in [-0.15, -0.1) is 0 Å². The van der Waals surface area contributed by atoms with Gasteiger partial charge in [-0.25, -0.2) is 0 Å². The number of likely N-dealkylation sites (tertiary alicyclic amines) is 1. The predicted octanol–water partition coefficient (Wildman–Crippen LogP) is 2.75. The highest BCUT2D eigenvalue weighted by Crippen LogP contribution is 2.26. The number of hydrogen-bond acceptors (Lipinski definition) is 4. The van der Waals surface area contributed by atoms with E-state index >= 15 is 0 Å². The van der Waals surface area contributed by atoms with Gasteiger partial charge in [0.15, 0.2) is 11.5 Å². The molecule has 0 aliphatic carbocycles. The second kappa shape index (κ2) is 8.25. The Bertz CT molecular complexity index is 431. The van der Waals surface area contributed by atoms with Crippen molar-refractivity contribution in [2.45, 2.75) is 45.7 Å². The van der Waals surface area contributed by atoms with Gasteiger partial charge in [0.25, 0.3) is 0 Å². The fourth-order valence-electron chi connectivity index (χ4n) is 2.83. The number of nitrogens with zero attached hydrogens (tertiary/aromatic N) is 1. The Morgan fingerprint density at radius 1 is 1.29 bits per heavy atom. The van der Waals surface area contributed by atoms with Gasteiger partial charge >= 0.3 is 0 Å². The largest absolute Gasteiger partial charge is 0.504 e. The molecule has 1 aliphatic heterocycles. The van der Waals surface area contributed by atoms with Gasteiger partial charge in [0.2, 0.25) is 0 Å². The van der Waals surface area contributed by atoms with Crippen molar-refractivity contribution in [1.29, 1.82) is 0 Å². The van der Waals surface area contributed by atoms with E-state index < -0.39 is 0 Å². The van der Waals surface area contributed by atoms with Crippen LogP contribution in [0.15, 0.2) is 18.2 Å². The summed E-state index contributed by atoms with van der Waals surface area (Å²) in [6.07, 6.45) is 4.05. The number of phenols is 1. The van der Waals surface area contributed by atoms with Gasteiger partial charge in [0.05, 0.1) is 6.61 Å². The number of piperidine rings is 1. The summed E-state index contributed by atoms with van der Waals surface area (Å²) in [5, 5.41) is 13.3. The van der Waals surface area contributed by atoms with Crippen LogP contribution in [0.5, 0.6) is 11.5 Å². The highest BCUT2D eigenvalue weighted by molar-refractivity contribution is 5.41. The topological polar surface area (TPSA) is 44.7 Å². The summed E-state index contributed by atoms with van der Waals surface area (Å²) >= 11 is 0. The van der Waals surface area contributed by atoms with Crippen LogP contribution in [0.3, 0.4) is 0 Å². The first-order valence-electron chi connectivity index (χ1n) is 8.09. The van der Waals surface area contributed by atoms with E-state index in [1.807, 2.05) is 19.1 Å². The van der Waals surface area contributed by atoms with Crippen LogP contribution in [-0.2, 0) is 6.54 Å². The van der Waals surface area contributed by atoms with Crippen molar-refractivity contribution in [2.24, 2.45) is 0 Å². The average Bonchev–Trinajstić information content (AvgIpc) is 2.49. The third-order valence-corrected chi connectivity index (χ3v) is 3.96. The molecule has 1 saturated heterocycles. The lowest BCUT2D eigenvalue weighted by Gasteiger charge is -2.29. The molecule has 1 fully saturated rings. The van der Waals surface area contributed by atoms with E-state index in [-0.39, 0.29) is 5.75 Å². The van der Waals surface area contributed by atoms with E-state index in [9.17, 15) is 5.11 Å². The molecule has 1 atom stereocenters. The number of ether oxygens (including phenoxy) is 1. The number of hydrogen-bond donors (Lipinski definition) is 2. The van der Waals surface area contributed by atoms with Crippen LogP contribution in [0.1, 0.15) is 38.7 Å². The maximum Gasteiger partial charge on any atom is 0.161 e. The van der Waals surface area contributed by atoms with E-state index in [4.69, 9.17) is 4.74 Å². The normalized spacial score (nSPS) is 17.6. The van der Waals surface area contributed by atoms with Gasteiger partial charge in [-0.1, -0.05) is 12.5 Å². The average molecular weight is 292 g/mol. The minimum absolute atomic E-state index is 0.210. The van der Waals surface area contributed by atoms with Gasteiger partial charge < -0.3 is 20.1 Å². The molecule has 0 aromatic heterocycles. The molecule has 1 aromatic rings. The Kier molecular flexibility index (Phi) is 6.33. The zero-order chi connectivity index (χ0) is 15.1. The summed E-state index contributed by atoms with van der Waals surface area (Å²) in [6, 6.07) is 6.03. The molecule has 4 heteroatoms. The first-order chi connectivity index (χ1) is 10.2. The maximum absolute atomic E-state index is 9.71. The number of nitrogens with one attached hydrogen (secondary N) is 1. The smallest absolute Gasteiger partial charge is 0.161 e. The number of aromatic hydroxyl groups is 1. The molecule has 1 unspecified atom stereocenters. The first kappa shape index (κ1) is 16.1. The van der Waals surface area contributed by atoms with Crippen LogP contribution < -0.4 is 10.1 Å². The van der Waals surface area contributed by atoms with Gasteiger partial charge in [0, 0.05) is 19.1 Å². The van der Waals surface area contributed by atoms with Gasteiger partial charge in [0.1, 0.15) is 0 Å². The van der Waals surface area contributed by atoms with Crippen molar-refractivity contribution in [2.75, 3.05) is 26.2 Å². The zero-order valence-electron chi connectivity index (χ0n) is 13.3. The van der Waals surface area contributed by atoms with Crippen LogP contribution >= 0.6 is 0 Å². The molecule has 1 aliphatic rings. The summed E-state index contributed by atoms with van der Waals surface area (Å²) < 4.78 is 5.42. The number of benzene rings is 1. The van der Waals surface area contributed by atoms with Crippen LogP contribution in [-0.4, -0.2) is 42.3 Å². The molecule has 118 valence electrons. The van der Waals surface area contributed by atoms with Crippen molar-refractivity contribution in [3.05, 3.63) is 23.8 Å².